The van der Waals surface area contributed by atoms with Crippen LogP contribution in [0.15, 0.2) is 82.4 Å². The average Bonchev–Trinajstić information content (AvgIpc) is 3.22. The normalized spacial score (nSPS) is 11.3. The number of aryl methyl sites for hydroxylation is 3. The number of benzene rings is 3. The van der Waals surface area contributed by atoms with E-state index in [1.807, 2.05) is 87.5 Å². The van der Waals surface area contributed by atoms with Gasteiger partial charge in [-0.15, -0.1) is 0 Å². The third-order valence-electron chi connectivity index (χ3n) is 5.40. The zero-order valence-electron chi connectivity index (χ0n) is 19.8. The van der Waals surface area contributed by atoms with Crippen LogP contribution < -0.4 is 4.74 Å². The first-order valence-corrected chi connectivity index (χ1v) is 11.1. The summed E-state index contributed by atoms with van der Waals surface area (Å²) in [5, 5.41) is 13.3. The highest BCUT2D eigenvalue weighted by Crippen LogP contribution is 2.24. The smallest absolute Gasteiger partial charge is 0.341 e. The van der Waals surface area contributed by atoms with Crippen LogP contribution in [-0.2, 0) is 16.2 Å². The lowest BCUT2D eigenvalue weighted by Gasteiger charge is -2.11. The van der Waals surface area contributed by atoms with Crippen molar-refractivity contribution >= 4 is 11.7 Å². The molecule has 3 aromatic carbocycles. The standard InChI is InChI=1S/C28H26N2O5/c1-18-9-11-22(12-10-18)28-29-24(20(3)35-28)16-34-30-27(21-7-5-4-6-8-21)23-13-14-25(19(2)15-23)33-17-26(31)32/h4-15H,16-17H2,1-3H3,(H,31,32). The Labute approximate surface area is 203 Å². The second-order valence-corrected chi connectivity index (χ2v) is 8.13. The molecule has 1 N–H and O–H groups in total. The molecule has 0 amide bonds. The second-order valence-electron chi connectivity index (χ2n) is 8.13. The number of carboxylic acid groups (broad SMARTS) is 1. The van der Waals surface area contributed by atoms with E-state index in [2.05, 4.69) is 10.1 Å². The summed E-state index contributed by atoms with van der Waals surface area (Å²) in [6.45, 7) is 5.49. The molecule has 0 atom stereocenters. The molecule has 4 aromatic rings. The number of carboxylic acids is 1. The lowest BCUT2D eigenvalue weighted by atomic mass is 10.0. The Morgan fingerprint density at radius 2 is 1.71 bits per heavy atom. The first-order chi connectivity index (χ1) is 16.9. The third kappa shape index (κ3) is 5.95. The van der Waals surface area contributed by atoms with Crippen LogP contribution in [0.1, 0.15) is 33.7 Å². The van der Waals surface area contributed by atoms with Gasteiger partial charge in [-0.1, -0.05) is 53.2 Å². The molecule has 0 radical (unpaired) electrons. The van der Waals surface area contributed by atoms with Gasteiger partial charge in [-0.25, -0.2) is 9.78 Å². The summed E-state index contributed by atoms with van der Waals surface area (Å²) >= 11 is 0. The van der Waals surface area contributed by atoms with E-state index >= 15 is 0 Å². The number of oxime groups is 1. The van der Waals surface area contributed by atoms with Crippen molar-refractivity contribution in [2.75, 3.05) is 6.61 Å². The van der Waals surface area contributed by atoms with Crippen molar-refractivity contribution in [3.05, 3.63) is 107 Å². The average molecular weight is 471 g/mol. The molecule has 0 aliphatic rings. The quantitative estimate of drug-likeness (QED) is 0.249. The van der Waals surface area contributed by atoms with E-state index in [1.54, 1.807) is 6.07 Å². The van der Waals surface area contributed by atoms with E-state index in [-0.39, 0.29) is 6.61 Å². The number of aromatic nitrogens is 1. The van der Waals surface area contributed by atoms with Crippen LogP contribution in [0.5, 0.6) is 5.75 Å². The van der Waals surface area contributed by atoms with Crippen LogP contribution in [0, 0.1) is 20.8 Å². The van der Waals surface area contributed by atoms with Crippen molar-refractivity contribution in [1.29, 1.82) is 0 Å². The number of hydrogen-bond acceptors (Lipinski definition) is 6. The van der Waals surface area contributed by atoms with E-state index in [9.17, 15) is 4.79 Å². The van der Waals surface area contributed by atoms with E-state index in [4.69, 9.17) is 19.1 Å². The fourth-order valence-electron chi connectivity index (χ4n) is 3.51. The molecular formula is C28H26N2O5. The number of rotatable bonds is 9. The molecule has 1 aromatic heterocycles. The summed E-state index contributed by atoms with van der Waals surface area (Å²) in [6.07, 6.45) is 0. The van der Waals surface area contributed by atoms with Gasteiger partial charge in [0.1, 0.15) is 22.9 Å². The van der Waals surface area contributed by atoms with Crippen molar-refractivity contribution in [2.45, 2.75) is 27.4 Å². The molecule has 0 bridgehead atoms. The maximum atomic E-state index is 10.8. The number of hydrogen-bond donors (Lipinski definition) is 1. The summed E-state index contributed by atoms with van der Waals surface area (Å²) in [5.74, 6) is 0.696. The van der Waals surface area contributed by atoms with Crippen LogP contribution in [-0.4, -0.2) is 28.4 Å². The van der Waals surface area contributed by atoms with Crippen molar-refractivity contribution in [2.24, 2.45) is 5.16 Å². The predicted octanol–water partition coefficient (Wildman–Crippen LogP) is 5.70. The topological polar surface area (TPSA) is 94.2 Å². The minimum Gasteiger partial charge on any atom is -0.482 e. The zero-order chi connectivity index (χ0) is 24.8. The van der Waals surface area contributed by atoms with E-state index in [0.29, 0.717) is 28.8 Å². The largest absolute Gasteiger partial charge is 0.482 e. The van der Waals surface area contributed by atoms with Crippen LogP contribution in [0.4, 0.5) is 0 Å². The molecule has 7 nitrogen and oxygen atoms in total. The van der Waals surface area contributed by atoms with E-state index in [1.165, 1.54) is 5.56 Å². The van der Waals surface area contributed by atoms with Crippen LogP contribution >= 0.6 is 0 Å². The van der Waals surface area contributed by atoms with Gasteiger partial charge in [0.15, 0.2) is 13.2 Å². The highest BCUT2D eigenvalue weighted by atomic mass is 16.6. The molecule has 1 heterocycles. The van der Waals surface area contributed by atoms with Crippen LogP contribution in [0.25, 0.3) is 11.5 Å². The fraction of sp³-hybridized carbons (Fsp3) is 0.179. The van der Waals surface area contributed by atoms with Crippen molar-refractivity contribution in [1.82, 2.24) is 4.98 Å². The second kappa shape index (κ2) is 10.7. The number of ether oxygens (including phenoxy) is 1. The first kappa shape index (κ1) is 23.8. The highest BCUT2D eigenvalue weighted by molar-refractivity contribution is 6.12. The van der Waals surface area contributed by atoms with Gasteiger partial charge in [-0.3, -0.25) is 0 Å². The molecule has 0 fully saturated rings. The summed E-state index contributed by atoms with van der Waals surface area (Å²) in [7, 11) is 0. The van der Waals surface area contributed by atoms with Gasteiger partial charge in [-0.05, 0) is 56.7 Å². The predicted molar refractivity (Wildman–Crippen MR) is 133 cm³/mol. The summed E-state index contributed by atoms with van der Waals surface area (Å²) in [6, 6.07) is 23.1. The molecule has 178 valence electrons. The molecular weight excluding hydrogens is 444 g/mol. The molecule has 7 heteroatoms. The Morgan fingerprint density at radius 3 is 2.40 bits per heavy atom. The first-order valence-electron chi connectivity index (χ1n) is 11.1. The van der Waals surface area contributed by atoms with Gasteiger partial charge in [-0.2, -0.15) is 0 Å². The molecule has 0 aliphatic heterocycles. The monoisotopic (exact) mass is 470 g/mol. The Balaban J connectivity index is 1.56. The summed E-state index contributed by atoms with van der Waals surface area (Å²) < 4.78 is 11.2. The molecule has 0 aliphatic carbocycles. The fourth-order valence-corrected chi connectivity index (χ4v) is 3.51. The number of oxazole rings is 1. The Morgan fingerprint density at radius 1 is 0.971 bits per heavy atom. The van der Waals surface area contributed by atoms with Gasteiger partial charge in [0, 0.05) is 16.7 Å². The van der Waals surface area contributed by atoms with E-state index < -0.39 is 12.6 Å². The van der Waals surface area contributed by atoms with Crippen molar-refractivity contribution < 1.29 is 23.9 Å². The third-order valence-corrected chi connectivity index (χ3v) is 5.40. The summed E-state index contributed by atoms with van der Waals surface area (Å²) in [4.78, 5) is 21.2. The van der Waals surface area contributed by atoms with Gasteiger partial charge in [0.25, 0.3) is 0 Å². The van der Waals surface area contributed by atoms with Gasteiger partial charge in [0.05, 0.1) is 0 Å². The molecule has 0 spiro atoms. The van der Waals surface area contributed by atoms with Crippen LogP contribution in [0.2, 0.25) is 0 Å². The maximum Gasteiger partial charge on any atom is 0.341 e. The lowest BCUT2D eigenvalue weighted by molar-refractivity contribution is -0.139. The highest BCUT2D eigenvalue weighted by Gasteiger charge is 2.14. The number of aliphatic carboxylic acids is 1. The van der Waals surface area contributed by atoms with Gasteiger partial charge < -0.3 is 19.1 Å². The SMILES string of the molecule is Cc1ccc(-c2nc(CON=C(c3ccccc3)c3ccc(OCC(=O)O)c(C)c3)c(C)o2)cc1. The summed E-state index contributed by atoms with van der Waals surface area (Å²) in [5.41, 5.74) is 5.86. The van der Waals surface area contributed by atoms with Crippen LogP contribution in [0.3, 0.4) is 0 Å². The minimum atomic E-state index is -1.03. The molecule has 0 saturated heterocycles. The Hall–Kier alpha value is -4.39. The molecule has 0 unspecified atom stereocenters. The molecule has 0 saturated carbocycles. The van der Waals surface area contributed by atoms with Crippen molar-refractivity contribution in [3.63, 3.8) is 0 Å². The van der Waals surface area contributed by atoms with Gasteiger partial charge >= 0.3 is 5.97 Å². The number of nitrogens with zero attached hydrogens (tertiary/aromatic N) is 2. The number of carbonyl (C=O) groups is 1. The van der Waals surface area contributed by atoms with Crippen molar-refractivity contribution in [3.8, 4) is 17.2 Å². The minimum absolute atomic E-state index is 0.149. The lowest BCUT2D eigenvalue weighted by Crippen LogP contribution is -2.11. The zero-order valence-corrected chi connectivity index (χ0v) is 19.8. The van der Waals surface area contributed by atoms with E-state index in [0.717, 1.165) is 22.3 Å². The molecule has 4 rings (SSSR count). The van der Waals surface area contributed by atoms with Gasteiger partial charge in [0.2, 0.25) is 5.89 Å². The molecule has 35 heavy (non-hydrogen) atoms. The Bertz CT molecular complexity index is 1340. The Kier molecular flexibility index (Phi) is 7.26. The maximum absolute atomic E-state index is 10.8.